The second kappa shape index (κ2) is 6.45. The van der Waals surface area contributed by atoms with Crippen molar-refractivity contribution < 1.29 is 13.2 Å². The van der Waals surface area contributed by atoms with Gasteiger partial charge in [0.1, 0.15) is 0 Å². The van der Waals surface area contributed by atoms with Gasteiger partial charge in [0.25, 0.3) is 0 Å². The summed E-state index contributed by atoms with van der Waals surface area (Å²) in [6.45, 7) is 3.52. The summed E-state index contributed by atoms with van der Waals surface area (Å²) in [5.41, 5.74) is 1.71. The predicted octanol–water partition coefficient (Wildman–Crippen LogP) is 2.06. The molecule has 1 aliphatic rings. The third kappa shape index (κ3) is 3.86. The lowest BCUT2D eigenvalue weighted by Crippen LogP contribution is -2.39. The van der Waals surface area contributed by atoms with Gasteiger partial charge in [-0.05, 0) is 44.0 Å². The van der Waals surface area contributed by atoms with Gasteiger partial charge in [-0.2, -0.15) is 0 Å². The molecule has 0 bridgehead atoms. The molecule has 1 aromatic carbocycles. The highest BCUT2D eigenvalue weighted by Crippen LogP contribution is 2.23. The fraction of sp³-hybridized carbons (Fsp3) is 0.571. The first-order chi connectivity index (χ1) is 9.54. The minimum Gasteiger partial charge on any atom is -0.380 e. The lowest BCUT2D eigenvalue weighted by molar-refractivity contribution is 0.0893. The van der Waals surface area contributed by atoms with Crippen molar-refractivity contribution in [1.82, 2.24) is 0 Å². The standard InChI is InChI=1S/C14H22N2O3S/c1-3-20(17,18)15-12-6-8-13(9-7-12)16-10-4-5-14(11-16)19-2/h6-9,14-15H,3-5,10-11H2,1-2H3. The normalized spacial score (nSPS) is 19.9. The van der Waals surface area contributed by atoms with Crippen LogP contribution in [0.5, 0.6) is 0 Å². The van der Waals surface area contributed by atoms with Crippen LogP contribution in [-0.4, -0.2) is 40.5 Å². The van der Waals surface area contributed by atoms with Gasteiger partial charge >= 0.3 is 0 Å². The van der Waals surface area contributed by atoms with Crippen LogP contribution in [0.1, 0.15) is 19.8 Å². The van der Waals surface area contributed by atoms with Crippen molar-refractivity contribution in [2.75, 3.05) is 35.6 Å². The van der Waals surface area contributed by atoms with E-state index in [0.717, 1.165) is 31.6 Å². The summed E-state index contributed by atoms with van der Waals surface area (Å²) >= 11 is 0. The average molecular weight is 298 g/mol. The fourth-order valence-electron chi connectivity index (χ4n) is 2.36. The lowest BCUT2D eigenvalue weighted by Gasteiger charge is -2.33. The zero-order chi connectivity index (χ0) is 14.6. The maximum Gasteiger partial charge on any atom is 0.232 e. The van der Waals surface area contributed by atoms with Gasteiger partial charge in [-0.1, -0.05) is 0 Å². The molecule has 0 aromatic heterocycles. The van der Waals surface area contributed by atoms with Crippen LogP contribution in [0.25, 0.3) is 0 Å². The van der Waals surface area contributed by atoms with Crippen LogP contribution in [0.4, 0.5) is 11.4 Å². The van der Waals surface area contributed by atoms with Crippen molar-refractivity contribution >= 4 is 21.4 Å². The molecule has 1 aromatic rings. The number of anilines is 2. The highest BCUT2D eigenvalue weighted by Gasteiger charge is 2.19. The summed E-state index contributed by atoms with van der Waals surface area (Å²) in [5, 5.41) is 0. The van der Waals surface area contributed by atoms with Crippen molar-refractivity contribution in [3.63, 3.8) is 0 Å². The van der Waals surface area contributed by atoms with E-state index in [1.165, 1.54) is 0 Å². The molecule has 5 nitrogen and oxygen atoms in total. The van der Waals surface area contributed by atoms with Crippen LogP contribution in [0.15, 0.2) is 24.3 Å². The first kappa shape index (κ1) is 15.1. The zero-order valence-corrected chi connectivity index (χ0v) is 12.8. The van der Waals surface area contributed by atoms with Crippen LogP contribution < -0.4 is 9.62 Å². The number of hydrogen-bond donors (Lipinski definition) is 1. The molecule has 1 fully saturated rings. The van der Waals surface area contributed by atoms with E-state index < -0.39 is 10.0 Å². The summed E-state index contributed by atoms with van der Waals surface area (Å²) in [4.78, 5) is 2.27. The summed E-state index contributed by atoms with van der Waals surface area (Å²) in [6, 6.07) is 7.51. The molecule has 0 amide bonds. The van der Waals surface area contributed by atoms with Crippen molar-refractivity contribution in [1.29, 1.82) is 0 Å². The number of methoxy groups -OCH3 is 1. The second-order valence-corrected chi connectivity index (χ2v) is 7.01. The average Bonchev–Trinajstić information content (AvgIpc) is 2.48. The van der Waals surface area contributed by atoms with Gasteiger partial charge in [0.05, 0.1) is 11.9 Å². The van der Waals surface area contributed by atoms with Crippen LogP contribution in [-0.2, 0) is 14.8 Å². The summed E-state index contributed by atoms with van der Waals surface area (Å²) in [7, 11) is -1.46. The van der Waals surface area contributed by atoms with Crippen molar-refractivity contribution in [3.8, 4) is 0 Å². The van der Waals surface area contributed by atoms with Gasteiger partial charge in [0.2, 0.25) is 10.0 Å². The van der Waals surface area contributed by atoms with E-state index in [0.29, 0.717) is 5.69 Å². The molecule has 0 saturated carbocycles. The molecule has 6 heteroatoms. The van der Waals surface area contributed by atoms with E-state index in [2.05, 4.69) is 9.62 Å². The summed E-state index contributed by atoms with van der Waals surface area (Å²) < 4.78 is 31.0. The first-order valence-electron chi connectivity index (χ1n) is 6.92. The number of piperidine rings is 1. The van der Waals surface area contributed by atoms with E-state index in [4.69, 9.17) is 4.74 Å². The molecule has 112 valence electrons. The Morgan fingerprint density at radius 3 is 2.65 bits per heavy atom. The van der Waals surface area contributed by atoms with Crippen LogP contribution >= 0.6 is 0 Å². The number of nitrogens with one attached hydrogen (secondary N) is 1. The maximum absolute atomic E-state index is 11.5. The molecule has 1 heterocycles. The largest absolute Gasteiger partial charge is 0.380 e. The number of nitrogens with zero attached hydrogens (tertiary/aromatic N) is 1. The maximum atomic E-state index is 11.5. The number of sulfonamides is 1. The van der Waals surface area contributed by atoms with Crippen molar-refractivity contribution in [2.45, 2.75) is 25.9 Å². The molecule has 20 heavy (non-hydrogen) atoms. The Kier molecular flexibility index (Phi) is 4.88. The second-order valence-electron chi connectivity index (χ2n) is 5.00. The van der Waals surface area contributed by atoms with Gasteiger partial charge in [0.15, 0.2) is 0 Å². The monoisotopic (exact) mass is 298 g/mol. The van der Waals surface area contributed by atoms with Gasteiger partial charge in [-0.15, -0.1) is 0 Å². The molecule has 1 atom stereocenters. The van der Waals surface area contributed by atoms with E-state index >= 15 is 0 Å². The minimum absolute atomic E-state index is 0.0798. The third-order valence-electron chi connectivity index (χ3n) is 3.60. The number of rotatable bonds is 5. The summed E-state index contributed by atoms with van der Waals surface area (Å²) in [6.07, 6.45) is 2.49. The van der Waals surface area contributed by atoms with E-state index in [9.17, 15) is 8.42 Å². The molecule has 0 radical (unpaired) electrons. The number of hydrogen-bond acceptors (Lipinski definition) is 4. The molecule has 1 saturated heterocycles. The molecule has 1 unspecified atom stereocenters. The minimum atomic E-state index is -3.21. The SMILES string of the molecule is CCS(=O)(=O)Nc1ccc(N2CCCC(OC)C2)cc1. The molecular formula is C14H22N2O3S. The molecule has 1 aliphatic heterocycles. The Balaban J connectivity index is 2.04. The van der Waals surface area contributed by atoms with Gasteiger partial charge in [0, 0.05) is 31.6 Å². The molecule has 0 spiro atoms. The highest BCUT2D eigenvalue weighted by atomic mass is 32.2. The Morgan fingerprint density at radius 1 is 1.35 bits per heavy atom. The van der Waals surface area contributed by atoms with Gasteiger partial charge in [-0.25, -0.2) is 8.42 Å². The smallest absolute Gasteiger partial charge is 0.232 e. The van der Waals surface area contributed by atoms with Gasteiger partial charge in [-0.3, -0.25) is 4.72 Å². The van der Waals surface area contributed by atoms with E-state index in [1.807, 2.05) is 12.1 Å². The Bertz CT molecular complexity index is 528. The zero-order valence-electron chi connectivity index (χ0n) is 12.0. The molecule has 0 aliphatic carbocycles. The molecule has 1 N–H and O–H groups in total. The predicted molar refractivity (Wildman–Crippen MR) is 81.8 cm³/mol. The van der Waals surface area contributed by atoms with E-state index in [1.54, 1.807) is 26.2 Å². The molecular weight excluding hydrogens is 276 g/mol. The van der Waals surface area contributed by atoms with E-state index in [-0.39, 0.29) is 11.9 Å². The Labute approximate surface area is 121 Å². The Morgan fingerprint density at radius 2 is 2.05 bits per heavy atom. The topological polar surface area (TPSA) is 58.6 Å². The first-order valence-corrected chi connectivity index (χ1v) is 8.57. The number of ether oxygens (including phenoxy) is 1. The van der Waals surface area contributed by atoms with Gasteiger partial charge < -0.3 is 9.64 Å². The Hall–Kier alpha value is -1.27. The third-order valence-corrected chi connectivity index (χ3v) is 4.90. The van der Waals surface area contributed by atoms with Crippen LogP contribution in [0, 0.1) is 0 Å². The fourth-order valence-corrected chi connectivity index (χ4v) is 3.00. The van der Waals surface area contributed by atoms with Crippen LogP contribution in [0.2, 0.25) is 0 Å². The van der Waals surface area contributed by atoms with Crippen molar-refractivity contribution in [3.05, 3.63) is 24.3 Å². The number of benzene rings is 1. The van der Waals surface area contributed by atoms with Crippen LogP contribution in [0.3, 0.4) is 0 Å². The lowest BCUT2D eigenvalue weighted by atomic mass is 10.1. The highest BCUT2D eigenvalue weighted by molar-refractivity contribution is 7.92. The quantitative estimate of drug-likeness (QED) is 0.904. The van der Waals surface area contributed by atoms with Crippen molar-refractivity contribution in [2.24, 2.45) is 0 Å². The summed E-state index contributed by atoms with van der Waals surface area (Å²) in [5.74, 6) is 0.0798. The molecule has 2 rings (SSSR count).